The van der Waals surface area contributed by atoms with Gasteiger partial charge in [0.15, 0.2) is 11.0 Å². The van der Waals surface area contributed by atoms with E-state index in [0.717, 1.165) is 17.7 Å². The van der Waals surface area contributed by atoms with E-state index >= 15 is 0 Å². The van der Waals surface area contributed by atoms with E-state index in [1.807, 2.05) is 54.0 Å². The Morgan fingerprint density at radius 3 is 2.29 bits per heavy atom. The molecule has 0 radical (unpaired) electrons. The molecule has 0 aliphatic carbocycles. The molecule has 0 saturated heterocycles. The average molecular weight is 473 g/mol. The molecule has 2 amide bonds. The lowest BCUT2D eigenvalue weighted by atomic mass is 10.2. The number of carbonyl (C=O) groups excluding carboxylic acids is 2. The Morgan fingerprint density at radius 1 is 0.882 bits per heavy atom. The molecule has 0 fully saturated rings. The van der Waals surface area contributed by atoms with Crippen molar-refractivity contribution in [2.45, 2.75) is 24.9 Å². The third-order valence-electron chi connectivity index (χ3n) is 4.83. The van der Waals surface area contributed by atoms with Crippen molar-refractivity contribution >= 4 is 35.0 Å². The summed E-state index contributed by atoms with van der Waals surface area (Å²) in [6.07, 6.45) is 4.64. The van der Waals surface area contributed by atoms with Crippen molar-refractivity contribution in [3.63, 3.8) is 0 Å². The molecule has 0 spiro atoms. The zero-order chi connectivity index (χ0) is 23.8. The van der Waals surface area contributed by atoms with Gasteiger partial charge in [0.1, 0.15) is 0 Å². The van der Waals surface area contributed by atoms with Crippen LogP contribution in [0.4, 0.5) is 11.4 Å². The lowest BCUT2D eigenvalue weighted by Gasteiger charge is -2.11. The normalized spacial score (nSPS) is 10.6. The standard InChI is InChI=1S/C25H24N6O2S/c1-2-7-22(32)27-19-8-6-9-20(16-19)28-23(33)17-34-25-30-29-24(18-12-14-26-15-13-18)31(25)21-10-4-3-5-11-21/h3-6,8-16H,2,7,17H2,1H3,(H,27,32)(H,28,33). The van der Waals surface area contributed by atoms with Gasteiger partial charge in [0.05, 0.1) is 5.75 Å². The minimum atomic E-state index is -0.185. The number of thioether (sulfide) groups is 1. The number of pyridine rings is 1. The topological polar surface area (TPSA) is 102 Å². The van der Waals surface area contributed by atoms with E-state index in [1.165, 1.54) is 11.8 Å². The van der Waals surface area contributed by atoms with Crippen molar-refractivity contribution < 1.29 is 9.59 Å². The van der Waals surface area contributed by atoms with Crippen LogP contribution in [0.2, 0.25) is 0 Å². The molecule has 0 bridgehead atoms. The zero-order valence-electron chi connectivity index (χ0n) is 18.6. The van der Waals surface area contributed by atoms with Crippen LogP contribution in [-0.2, 0) is 9.59 Å². The van der Waals surface area contributed by atoms with E-state index in [1.54, 1.807) is 36.7 Å². The number of aromatic nitrogens is 4. The summed E-state index contributed by atoms with van der Waals surface area (Å²) in [6.45, 7) is 1.95. The minimum Gasteiger partial charge on any atom is -0.326 e. The molecular weight excluding hydrogens is 448 g/mol. The van der Waals surface area contributed by atoms with Crippen LogP contribution in [0.5, 0.6) is 0 Å². The molecule has 0 atom stereocenters. The zero-order valence-corrected chi connectivity index (χ0v) is 19.5. The van der Waals surface area contributed by atoms with E-state index in [0.29, 0.717) is 28.8 Å². The highest BCUT2D eigenvalue weighted by Crippen LogP contribution is 2.27. The molecule has 172 valence electrons. The van der Waals surface area contributed by atoms with Crippen LogP contribution < -0.4 is 10.6 Å². The highest BCUT2D eigenvalue weighted by molar-refractivity contribution is 7.99. The van der Waals surface area contributed by atoms with E-state index in [2.05, 4.69) is 25.8 Å². The number of para-hydroxylation sites is 1. The van der Waals surface area contributed by atoms with Crippen molar-refractivity contribution in [1.29, 1.82) is 0 Å². The summed E-state index contributed by atoms with van der Waals surface area (Å²) in [4.78, 5) is 28.6. The van der Waals surface area contributed by atoms with Gasteiger partial charge in [-0.3, -0.25) is 19.1 Å². The first kappa shape index (κ1) is 23.2. The summed E-state index contributed by atoms with van der Waals surface area (Å²) in [5.74, 6) is 0.585. The quantitative estimate of drug-likeness (QED) is 0.339. The van der Waals surface area contributed by atoms with Crippen LogP contribution in [0.25, 0.3) is 17.1 Å². The number of anilines is 2. The molecule has 2 aromatic carbocycles. The Labute approximate surface area is 201 Å². The van der Waals surface area contributed by atoms with Gasteiger partial charge in [0, 0.05) is 41.4 Å². The van der Waals surface area contributed by atoms with E-state index in [-0.39, 0.29) is 17.6 Å². The van der Waals surface area contributed by atoms with Crippen LogP contribution in [0.1, 0.15) is 19.8 Å². The molecule has 0 aliphatic rings. The van der Waals surface area contributed by atoms with Gasteiger partial charge in [0.25, 0.3) is 0 Å². The Bertz CT molecular complexity index is 1260. The maximum atomic E-state index is 12.7. The fourth-order valence-corrected chi connectivity index (χ4v) is 4.07. The lowest BCUT2D eigenvalue weighted by Crippen LogP contribution is -2.15. The molecule has 2 N–H and O–H groups in total. The maximum absolute atomic E-state index is 12.7. The second kappa shape index (κ2) is 11.2. The summed E-state index contributed by atoms with van der Waals surface area (Å²) >= 11 is 1.30. The highest BCUT2D eigenvalue weighted by atomic mass is 32.2. The summed E-state index contributed by atoms with van der Waals surface area (Å²) in [5, 5.41) is 15.0. The van der Waals surface area contributed by atoms with Gasteiger partial charge in [-0.05, 0) is 48.9 Å². The maximum Gasteiger partial charge on any atom is 0.234 e. The van der Waals surface area contributed by atoms with Gasteiger partial charge < -0.3 is 10.6 Å². The summed E-state index contributed by atoms with van der Waals surface area (Å²) in [5.41, 5.74) is 3.04. The number of hydrogen-bond acceptors (Lipinski definition) is 6. The van der Waals surface area contributed by atoms with Gasteiger partial charge in [-0.2, -0.15) is 0 Å². The Balaban J connectivity index is 1.47. The molecule has 4 rings (SSSR count). The molecule has 4 aromatic rings. The fraction of sp³-hybridized carbons (Fsp3) is 0.160. The molecule has 0 unspecified atom stereocenters. The van der Waals surface area contributed by atoms with Crippen molar-refractivity contribution in [1.82, 2.24) is 19.7 Å². The monoisotopic (exact) mass is 472 g/mol. The van der Waals surface area contributed by atoms with E-state index < -0.39 is 0 Å². The van der Waals surface area contributed by atoms with Gasteiger partial charge in [0.2, 0.25) is 11.8 Å². The van der Waals surface area contributed by atoms with Crippen LogP contribution in [0.3, 0.4) is 0 Å². The van der Waals surface area contributed by atoms with E-state index in [9.17, 15) is 9.59 Å². The van der Waals surface area contributed by atoms with Crippen LogP contribution in [0.15, 0.2) is 84.3 Å². The molecule has 2 aromatic heterocycles. The smallest absolute Gasteiger partial charge is 0.234 e. The van der Waals surface area contributed by atoms with Crippen molar-refractivity contribution in [3.05, 3.63) is 79.1 Å². The number of hydrogen-bond donors (Lipinski definition) is 2. The van der Waals surface area contributed by atoms with Gasteiger partial charge in [-0.15, -0.1) is 10.2 Å². The molecule has 34 heavy (non-hydrogen) atoms. The van der Waals surface area contributed by atoms with E-state index in [4.69, 9.17) is 0 Å². The average Bonchev–Trinajstić information content (AvgIpc) is 3.28. The second-order valence-corrected chi connectivity index (χ2v) is 8.37. The Kier molecular flexibility index (Phi) is 7.67. The van der Waals surface area contributed by atoms with Crippen LogP contribution in [0, 0.1) is 0 Å². The van der Waals surface area contributed by atoms with Crippen molar-refractivity contribution in [2.24, 2.45) is 0 Å². The number of nitrogens with zero attached hydrogens (tertiary/aromatic N) is 4. The third-order valence-corrected chi connectivity index (χ3v) is 5.75. The molecule has 9 heteroatoms. The van der Waals surface area contributed by atoms with Crippen molar-refractivity contribution in [3.8, 4) is 17.1 Å². The van der Waals surface area contributed by atoms with Gasteiger partial charge >= 0.3 is 0 Å². The molecule has 0 aliphatic heterocycles. The molecule has 8 nitrogen and oxygen atoms in total. The summed E-state index contributed by atoms with van der Waals surface area (Å²) in [7, 11) is 0. The first-order valence-electron chi connectivity index (χ1n) is 10.9. The first-order chi connectivity index (χ1) is 16.6. The summed E-state index contributed by atoms with van der Waals surface area (Å²) in [6, 6.07) is 20.6. The number of benzene rings is 2. The number of amides is 2. The Morgan fingerprint density at radius 2 is 1.59 bits per heavy atom. The second-order valence-electron chi connectivity index (χ2n) is 7.43. The summed E-state index contributed by atoms with van der Waals surface area (Å²) < 4.78 is 1.93. The first-order valence-corrected chi connectivity index (χ1v) is 11.9. The van der Waals surface area contributed by atoms with Gasteiger partial charge in [-0.25, -0.2) is 0 Å². The minimum absolute atomic E-state index is 0.0493. The fourth-order valence-electron chi connectivity index (χ4n) is 3.31. The van der Waals surface area contributed by atoms with Crippen molar-refractivity contribution in [2.75, 3.05) is 16.4 Å². The lowest BCUT2D eigenvalue weighted by molar-refractivity contribution is -0.116. The van der Waals surface area contributed by atoms with Crippen LogP contribution in [-0.4, -0.2) is 37.3 Å². The van der Waals surface area contributed by atoms with Gasteiger partial charge in [-0.1, -0.05) is 43.0 Å². The number of carbonyl (C=O) groups is 2. The number of nitrogens with one attached hydrogen (secondary N) is 2. The number of rotatable bonds is 9. The Hall–Kier alpha value is -3.98. The third kappa shape index (κ3) is 5.87. The molecular formula is C25H24N6O2S. The largest absolute Gasteiger partial charge is 0.326 e. The highest BCUT2D eigenvalue weighted by Gasteiger charge is 2.17. The SMILES string of the molecule is CCCC(=O)Nc1cccc(NC(=O)CSc2nnc(-c3ccncc3)n2-c2ccccc2)c1. The molecule has 2 heterocycles. The predicted octanol–water partition coefficient (Wildman–Crippen LogP) is 4.80. The molecule has 0 saturated carbocycles. The predicted molar refractivity (Wildman–Crippen MR) is 134 cm³/mol. The van der Waals surface area contributed by atoms with Crippen LogP contribution >= 0.6 is 11.8 Å².